The van der Waals surface area contributed by atoms with Gasteiger partial charge in [0.1, 0.15) is 24.1 Å². The van der Waals surface area contributed by atoms with E-state index in [4.69, 9.17) is 43.3 Å². The lowest BCUT2D eigenvalue weighted by molar-refractivity contribution is -0.0549. The Morgan fingerprint density at radius 1 is 1.32 bits per heavy atom. The van der Waals surface area contributed by atoms with Gasteiger partial charge in [-0.25, -0.2) is 14.6 Å². The summed E-state index contributed by atoms with van der Waals surface area (Å²) in [5.74, 6) is 0.927. The summed E-state index contributed by atoms with van der Waals surface area (Å²) in [6.45, 7) is 1.91. The number of nitrogens with two attached hydrogens (primary N) is 1. The summed E-state index contributed by atoms with van der Waals surface area (Å²) in [6.07, 6.45) is -2.37. The number of nitrogens with one attached hydrogen (secondary N) is 1. The lowest BCUT2D eigenvalue weighted by Gasteiger charge is -2.34. The van der Waals surface area contributed by atoms with Crippen LogP contribution >= 0.6 is 30.9 Å². The van der Waals surface area contributed by atoms with E-state index in [2.05, 4.69) is 10.1 Å². The van der Waals surface area contributed by atoms with Gasteiger partial charge in [0.25, 0.3) is 0 Å². The number of hydrogen-bond acceptors (Lipinski definition) is 9. The molecule has 0 bridgehead atoms. The fraction of sp³-hybridized carbons (Fsp3) is 0.750. The Morgan fingerprint density at radius 3 is 2.65 bits per heavy atom. The SMILES string of the molecule is Nc1ccn([C@@H]2O[C@H](CO)[C@@H](O)[C@@H]2O)c(=O)n1.O=P1(NCCCl)OCCCN1CCCl. The van der Waals surface area contributed by atoms with Crippen LogP contribution in [0.2, 0.25) is 0 Å². The van der Waals surface area contributed by atoms with E-state index in [1.54, 1.807) is 4.67 Å². The van der Waals surface area contributed by atoms with E-state index in [1.165, 1.54) is 12.3 Å². The van der Waals surface area contributed by atoms with E-state index < -0.39 is 44.5 Å². The molecule has 0 radical (unpaired) electrons. The summed E-state index contributed by atoms with van der Waals surface area (Å²) in [5.41, 5.74) is 4.63. The predicted octanol–water partition coefficient (Wildman–Crippen LogP) is -0.679. The highest BCUT2D eigenvalue weighted by atomic mass is 35.5. The third-order valence-corrected chi connectivity index (χ3v) is 7.25. The van der Waals surface area contributed by atoms with E-state index >= 15 is 0 Å². The van der Waals surface area contributed by atoms with Crippen molar-refractivity contribution in [3.63, 3.8) is 0 Å². The van der Waals surface area contributed by atoms with Gasteiger partial charge in [0.2, 0.25) is 0 Å². The number of halogens is 2. The van der Waals surface area contributed by atoms with Gasteiger partial charge in [-0.2, -0.15) is 4.98 Å². The molecule has 0 saturated carbocycles. The maximum atomic E-state index is 12.2. The summed E-state index contributed by atoms with van der Waals surface area (Å²) >= 11 is 11.1. The molecule has 2 aliphatic heterocycles. The maximum Gasteiger partial charge on any atom is 0.351 e. The number of ether oxygens (including phenoxy) is 1. The summed E-state index contributed by atoms with van der Waals surface area (Å²) in [5, 5.41) is 31.0. The maximum absolute atomic E-state index is 12.2. The minimum absolute atomic E-state index is 0.0537. The molecule has 0 aliphatic carbocycles. The molecule has 31 heavy (non-hydrogen) atoms. The molecule has 1 aromatic heterocycles. The number of nitrogens with zero attached hydrogens (tertiary/aromatic N) is 3. The summed E-state index contributed by atoms with van der Waals surface area (Å²) < 4.78 is 25.4. The van der Waals surface area contributed by atoms with E-state index in [0.29, 0.717) is 31.5 Å². The zero-order valence-electron chi connectivity index (χ0n) is 16.7. The first-order valence-corrected chi connectivity index (χ1v) is 12.3. The Labute approximate surface area is 189 Å². The van der Waals surface area contributed by atoms with Crippen LogP contribution in [0.15, 0.2) is 17.1 Å². The number of nitrogen functional groups attached to an aromatic ring is 1. The second kappa shape index (κ2) is 12.4. The zero-order chi connectivity index (χ0) is 23.0. The Hall–Kier alpha value is -0.790. The Bertz CT molecular complexity index is 802. The van der Waals surface area contributed by atoms with Gasteiger partial charge < -0.3 is 30.3 Å². The molecule has 3 heterocycles. The van der Waals surface area contributed by atoms with Gasteiger partial charge in [-0.15, -0.1) is 23.2 Å². The van der Waals surface area contributed by atoms with Gasteiger partial charge in [0.15, 0.2) is 6.23 Å². The highest BCUT2D eigenvalue weighted by Crippen LogP contribution is 2.48. The fourth-order valence-corrected chi connectivity index (χ4v) is 5.59. The van der Waals surface area contributed by atoms with Crippen LogP contribution in [0.3, 0.4) is 0 Å². The molecular weight excluding hydrogens is 476 g/mol. The van der Waals surface area contributed by atoms with E-state index in [0.717, 1.165) is 17.5 Å². The van der Waals surface area contributed by atoms with E-state index in [1.807, 2.05) is 0 Å². The smallest absolute Gasteiger partial charge is 0.351 e. The van der Waals surface area contributed by atoms with Gasteiger partial charge in [0, 0.05) is 37.6 Å². The molecule has 15 heteroatoms. The minimum Gasteiger partial charge on any atom is -0.394 e. The van der Waals surface area contributed by atoms with Crippen LogP contribution in [0.4, 0.5) is 5.82 Å². The third kappa shape index (κ3) is 6.84. The molecule has 2 fully saturated rings. The molecule has 2 aliphatic rings. The Balaban J connectivity index is 0.000000225. The van der Waals surface area contributed by atoms with Crippen molar-refractivity contribution in [3.8, 4) is 0 Å². The van der Waals surface area contributed by atoms with Crippen LogP contribution in [0.5, 0.6) is 0 Å². The van der Waals surface area contributed by atoms with Gasteiger partial charge >= 0.3 is 13.4 Å². The molecule has 12 nitrogen and oxygen atoms in total. The molecule has 0 amide bonds. The molecule has 2 saturated heterocycles. The number of alkyl halides is 2. The van der Waals surface area contributed by atoms with Gasteiger partial charge in [-0.3, -0.25) is 9.13 Å². The van der Waals surface area contributed by atoms with Crippen molar-refractivity contribution < 1.29 is 29.1 Å². The molecule has 5 atom stereocenters. The average Bonchev–Trinajstić information content (AvgIpc) is 3.03. The second-order valence-corrected chi connectivity index (χ2v) is 9.65. The molecular formula is C16H28Cl2N5O7P. The van der Waals surface area contributed by atoms with Gasteiger partial charge in [-0.1, -0.05) is 0 Å². The quantitative estimate of drug-likeness (QED) is 0.235. The number of anilines is 1. The highest BCUT2D eigenvalue weighted by Gasteiger charge is 2.43. The molecule has 1 unspecified atom stereocenters. The molecule has 0 spiro atoms. The summed E-state index contributed by atoms with van der Waals surface area (Å²) in [6, 6.07) is 1.37. The Morgan fingerprint density at radius 2 is 2.06 bits per heavy atom. The summed E-state index contributed by atoms with van der Waals surface area (Å²) in [7, 11) is -2.84. The van der Waals surface area contributed by atoms with Crippen molar-refractivity contribution in [2.45, 2.75) is 31.0 Å². The molecule has 1 aromatic rings. The molecule has 0 aromatic carbocycles. The Kier molecular flexibility index (Phi) is 10.6. The van der Waals surface area contributed by atoms with Crippen LogP contribution in [0.1, 0.15) is 12.6 Å². The van der Waals surface area contributed by atoms with Crippen molar-refractivity contribution in [1.82, 2.24) is 19.3 Å². The monoisotopic (exact) mass is 503 g/mol. The standard InChI is InChI=1S/C9H13N3O5.C7H15Cl2N2O2P/c10-5-1-2-12(9(16)11-5)8-7(15)6(14)4(3-13)17-8;8-2-4-10-14(12)11(6-3-9)5-1-7-13-14/h1-2,4,6-8,13-15H,3H2,(H2,10,11,16);1-7H2,(H,10,12)/t4-,6-,7+,8-;/m1./s1. The number of rotatable bonds is 7. The van der Waals surface area contributed by atoms with Crippen molar-refractivity contribution in [2.75, 3.05) is 50.3 Å². The summed E-state index contributed by atoms with van der Waals surface area (Å²) in [4.78, 5) is 15.0. The van der Waals surface area contributed by atoms with Gasteiger partial charge in [-0.05, 0) is 12.5 Å². The topological polar surface area (TPSA) is 172 Å². The number of aliphatic hydroxyl groups excluding tert-OH is 3. The highest BCUT2D eigenvalue weighted by molar-refractivity contribution is 7.54. The molecule has 6 N–H and O–H groups in total. The fourth-order valence-electron chi connectivity index (χ4n) is 3.05. The number of aromatic nitrogens is 2. The first kappa shape index (κ1) is 26.5. The zero-order valence-corrected chi connectivity index (χ0v) is 19.1. The van der Waals surface area contributed by atoms with Crippen LogP contribution in [0.25, 0.3) is 0 Å². The van der Waals surface area contributed by atoms with Crippen molar-refractivity contribution in [1.29, 1.82) is 0 Å². The van der Waals surface area contributed by atoms with Crippen molar-refractivity contribution in [3.05, 3.63) is 22.7 Å². The first-order valence-electron chi connectivity index (χ1n) is 9.61. The van der Waals surface area contributed by atoms with Crippen molar-refractivity contribution in [2.24, 2.45) is 0 Å². The van der Waals surface area contributed by atoms with Crippen molar-refractivity contribution >= 4 is 36.7 Å². The largest absolute Gasteiger partial charge is 0.394 e. The third-order valence-electron chi connectivity index (χ3n) is 4.59. The van der Waals surface area contributed by atoms with Crippen LogP contribution in [-0.2, 0) is 13.8 Å². The number of aliphatic hydroxyl groups is 3. The van der Waals surface area contributed by atoms with Crippen LogP contribution < -0.4 is 16.5 Å². The number of hydrogen-bond donors (Lipinski definition) is 5. The van der Waals surface area contributed by atoms with E-state index in [-0.39, 0.29) is 5.82 Å². The normalized spacial score (nSPS) is 31.3. The average molecular weight is 504 g/mol. The van der Waals surface area contributed by atoms with Gasteiger partial charge in [0.05, 0.1) is 13.2 Å². The van der Waals surface area contributed by atoms with E-state index in [9.17, 15) is 19.6 Å². The van der Waals surface area contributed by atoms with Crippen LogP contribution in [-0.4, -0.2) is 92.5 Å². The lowest BCUT2D eigenvalue weighted by atomic mass is 10.1. The molecule has 178 valence electrons. The first-order chi connectivity index (χ1) is 14.8. The van der Waals surface area contributed by atoms with Crippen LogP contribution in [0, 0.1) is 0 Å². The lowest BCUT2D eigenvalue weighted by Crippen LogP contribution is -2.36. The predicted molar refractivity (Wildman–Crippen MR) is 115 cm³/mol. The minimum atomic E-state index is -2.84. The molecule has 3 rings (SSSR count). The second-order valence-electron chi connectivity index (χ2n) is 6.72.